The van der Waals surface area contributed by atoms with E-state index in [0.29, 0.717) is 12.2 Å². The third-order valence-corrected chi connectivity index (χ3v) is 3.31. The first kappa shape index (κ1) is 13.7. The molecule has 0 aliphatic carbocycles. The second-order valence-electron chi connectivity index (χ2n) is 4.52. The number of rotatable bonds is 5. The Hall–Kier alpha value is -1.37. The molecule has 0 saturated heterocycles. The number of ether oxygens (including phenoxy) is 1. The smallest absolute Gasteiger partial charge is 0.0991 e. The maximum atomic E-state index is 10.5. The molecule has 1 aromatic rings. The average molecular weight is 233 g/mol. The van der Waals surface area contributed by atoms with Crippen LogP contribution in [0.2, 0.25) is 0 Å². The molecule has 1 aromatic carbocycles. The van der Waals surface area contributed by atoms with Gasteiger partial charge in [0, 0.05) is 13.7 Å². The highest BCUT2D eigenvalue weighted by Gasteiger charge is 2.29. The molecule has 1 N–H and O–H groups in total. The molecule has 3 nitrogen and oxygen atoms in total. The number of methoxy groups -OCH3 is 1. The van der Waals surface area contributed by atoms with Crippen LogP contribution >= 0.6 is 0 Å². The van der Waals surface area contributed by atoms with Crippen LogP contribution in [0, 0.1) is 17.2 Å². The molecule has 2 unspecified atom stereocenters. The summed E-state index contributed by atoms with van der Waals surface area (Å²) in [6, 6.07) is 9.14. The summed E-state index contributed by atoms with van der Waals surface area (Å²) in [7, 11) is 1.66. The maximum Gasteiger partial charge on any atom is 0.0991 e. The van der Waals surface area contributed by atoms with Crippen LogP contribution in [0.25, 0.3) is 0 Å². The van der Waals surface area contributed by atoms with Crippen molar-refractivity contribution in [2.45, 2.75) is 25.9 Å². The van der Waals surface area contributed by atoms with Gasteiger partial charge in [0.1, 0.15) is 0 Å². The molecule has 17 heavy (non-hydrogen) atoms. The predicted octanol–water partition coefficient (Wildman–Crippen LogP) is 2.44. The van der Waals surface area contributed by atoms with Crippen molar-refractivity contribution in [2.75, 3.05) is 13.7 Å². The minimum absolute atomic E-state index is 0.0929. The summed E-state index contributed by atoms with van der Waals surface area (Å²) in [6.45, 7) is 4.43. The Morgan fingerprint density at radius 2 is 2.00 bits per heavy atom. The topological polar surface area (TPSA) is 53.2 Å². The number of nitriles is 1. The summed E-state index contributed by atoms with van der Waals surface area (Å²) in [5, 5.41) is 19.2. The van der Waals surface area contributed by atoms with Crippen molar-refractivity contribution < 1.29 is 9.84 Å². The fourth-order valence-corrected chi connectivity index (χ4v) is 1.74. The molecule has 0 saturated carbocycles. The molecule has 0 amide bonds. The highest BCUT2D eigenvalue weighted by molar-refractivity contribution is 5.34. The van der Waals surface area contributed by atoms with E-state index in [1.54, 1.807) is 26.2 Å². The third kappa shape index (κ3) is 3.29. The van der Waals surface area contributed by atoms with Gasteiger partial charge in [-0.15, -0.1) is 0 Å². The van der Waals surface area contributed by atoms with Crippen LogP contribution in [0.3, 0.4) is 0 Å². The van der Waals surface area contributed by atoms with E-state index >= 15 is 0 Å². The van der Waals surface area contributed by atoms with E-state index in [-0.39, 0.29) is 5.92 Å². The Bertz CT molecular complexity index is 390. The highest BCUT2D eigenvalue weighted by Crippen LogP contribution is 2.31. The van der Waals surface area contributed by atoms with Gasteiger partial charge in [-0.3, -0.25) is 0 Å². The number of benzene rings is 1. The Morgan fingerprint density at radius 3 is 2.47 bits per heavy atom. The monoisotopic (exact) mass is 233 g/mol. The molecule has 0 aliphatic rings. The van der Waals surface area contributed by atoms with Crippen molar-refractivity contribution in [3.05, 3.63) is 35.4 Å². The van der Waals surface area contributed by atoms with Gasteiger partial charge in [0.05, 0.1) is 17.2 Å². The minimum Gasteiger partial charge on any atom is -0.385 e. The van der Waals surface area contributed by atoms with E-state index in [0.717, 1.165) is 12.0 Å². The van der Waals surface area contributed by atoms with Crippen LogP contribution in [0.1, 0.15) is 31.4 Å². The summed E-state index contributed by atoms with van der Waals surface area (Å²) in [5.74, 6) is 0.0929. The van der Waals surface area contributed by atoms with Gasteiger partial charge in [0.2, 0.25) is 0 Å². The van der Waals surface area contributed by atoms with Crippen LogP contribution in [-0.2, 0) is 10.3 Å². The molecule has 0 bridgehead atoms. The lowest BCUT2D eigenvalue weighted by atomic mass is 9.82. The summed E-state index contributed by atoms with van der Waals surface area (Å²) < 4.78 is 5.03. The molecule has 92 valence electrons. The molecule has 0 aliphatic heterocycles. The van der Waals surface area contributed by atoms with Gasteiger partial charge < -0.3 is 9.84 Å². The summed E-state index contributed by atoms with van der Waals surface area (Å²) in [6.07, 6.45) is 0.795. The third-order valence-electron chi connectivity index (χ3n) is 3.31. The lowest BCUT2D eigenvalue weighted by Gasteiger charge is -2.30. The normalized spacial score (nSPS) is 15.9. The molecule has 0 fully saturated rings. The lowest BCUT2D eigenvalue weighted by molar-refractivity contribution is -0.0107. The zero-order valence-electron chi connectivity index (χ0n) is 10.6. The van der Waals surface area contributed by atoms with Crippen molar-refractivity contribution in [3.8, 4) is 6.07 Å². The van der Waals surface area contributed by atoms with Crippen molar-refractivity contribution in [1.82, 2.24) is 0 Å². The Labute approximate surface area is 103 Å². The summed E-state index contributed by atoms with van der Waals surface area (Å²) in [4.78, 5) is 0. The van der Waals surface area contributed by atoms with E-state index in [4.69, 9.17) is 10.00 Å². The van der Waals surface area contributed by atoms with E-state index in [2.05, 4.69) is 6.07 Å². The Balaban J connectivity index is 2.84. The van der Waals surface area contributed by atoms with Crippen molar-refractivity contribution >= 4 is 0 Å². The van der Waals surface area contributed by atoms with Gasteiger partial charge >= 0.3 is 0 Å². The van der Waals surface area contributed by atoms with Crippen LogP contribution in [-0.4, -0.2) is 18.8 Å². The van der Waals surface area contributed by atoms with E-state index in [9.17, 15) is 5.11 Å². The lowest BCUT2D eigenvalue weighted by Crippen LogP contribution is -2.30. The largest absolute Gasteiger partial charge is 0.385 e. The first-order valence-corrected chi connectivity index (χ1v) is 5.74. The molecule has 0 radical (unpaired) electrons. The molecule has 0 heterocycles. The van der Waals surface area contributed by atoms with E-state index < -0.39 is 5.60 Å². The highest BCUT2D eigenvalue weighted by atomic mass is 16.5. The first-order chi connectivity index (χ1) is 8.02. The zero-order chi connectivity index (χ0) is 12.9. The molecular formula is C14H19NO2. The molecule has 2 atom stereocenters. The van der Waals surface area contributed by atoms with Crippen LogP contribution in [0.15, 0.2) is 24.3 Å². The van der Waals surface area contributed by atoms with Crippen LogP contribution < -0.4 is 0 Å². The van der Waals surface area contributed by atoms with Gasteiger partial charge in [-0.05, 0) is 37.0 Å². The van der Waals surface area contributed by atoms with Crippen molar-refractivity contribution in [3.63, 3.8) is 0 Å². The summed E-state index contributed by atoms with van der Waals surface area (Å²) >= 11 is 0. The second kappa shape index (κ2) is 5.81. The van der Waals surface area contributed by atoms with Gasteiger partial charge in [-0.25, -0.2) is 0 Å². The number of hydrogen-bond acceptors (Lipinski definition) is 3. The van der Waals surface area contributed by atoms with Gasteiger partial charge in [-0.1, -0.05) is 19.1 Å². The van der Waals surface area contributed by atoms with Crippen LogP contribution in [0.5, 0.6) is 0 Å². The molecule has 0 aromatic heterocycles. The fraction of sp³-hybridized carbons (Fsp3) is 0.500. The molecule has 3 heteroatoms. The number of hydrogen-bond donors (Lipinski definition) is 1. The number of nitrogens with zero attached hydrogens (tertiary/aromatic N) is 1. The Kier molecular flexibility index (Phi) is 4.68. The number of aliphatic hydroxyl groups is 1. The van der Waals surface area contributed by atoms with Gasteiger partial charge in [0.25, 0.3) is 0 Å². The molecule has 0 spiro atoms. The first-order valence-electron chi connectivity index (χ1n) is 5.74. The predicted molar refractivity (Wildman–Crippen MR) is 66.4 cm³/mol. The van der Waals surface area contributed by atoms with Gasteiger partial charge in [0.15, 0.2) is 0 Å². The van der Waals surface area contributed by atoms with E-state index in [1.165, 1.54) is 0 Å². The second-order valence-corrected chi connectivity index (χ2v) is 4.52. The average Bonchev–Trinajstić information content (AvgIpc) is 2.35. The standard InChI is InChI=1S/C14H19NO2/c1-11(8-9-17-3)14(2,16)13-6-4-12(10-15)5-7-13/h4-7,11,16H,8-9H2,1-3H3. The quantitative estimate of drug-likeness (QED) is 0.849. The zero-order valence-corrected chi connectivity index (χ0v) is 10.6. The minimum atomic E-state index is -0.896. The van der Waals surface area contributed by atoms with Gasteiger partial charge in [-0.2, -0.15) is 5.26 Å². The Morgan fingerprint density at radius 1 is 1.41 bits per heavy atom. The molecule has 1 rings (SSSR count). The van der Waals surface area contributed by atoms with Crippen molar-refractivity contribution in [1.29, 1.82) is 5.26 Å². The maximum absolute atomic E-state index is 10.5. The summed E-state index contributed by atoms with van der Waals surface area (Å²) in [5.41, 5.74) is 0.543. The fourth-order valence-electron chi connectivity index (χ4n) is 1.74. The molecular weight excluding hydrogens is 214 g/mol. The van der Waals surface area contributed by atoms with Crippen LogP contribution in [0.4, 0.5) is 0 Å². The SMILES string of the molecule is COCCC(C)C(C)(O)c1ccc(C#N)cc1. The van der Waals surface area contributed by atoms with Crippen molar-refractivity contribution in [2.24, 2.45) is 5.92 Å². The van der Waals surface area contributed by atoms with E-state index in [1.807, 2.05) is 19.1 Å².